The van der Waals surface area contributed by atoms with Gasteiger partial charge in [-0.15, -0.1) is 0 Å². The van der Waals surface area contributed by atoms with Crippen molar-refractivity contribution in [1.82, 2.24) is 0 Å². The second kappa shape index (κ2) is 131. The third kappa shape index (κ3) is 166. The third-order valence-corrected chi connectivity index (χ3v) is 4.24. The maximum absolute atomic E-state index is 9.74. The van der Waals surface area contributed by atoms with Crippen molar-refractivity contribution in [3.05, 3.63) is 182 Å². The summed E-state index contributed by atoms with van der Waals surface area (Å²) < 4.78 is 17.2. The van der Waals surface area contributed by atoms with Crippen LogP contribution >= 0.6 is 0 Å². The Labute approximate surface area is 389 Å². The zero-order chi connectivity index (χ0) is 50.4. The van der Waals surface area contributed by atoms with Gasteiger partial charge in [0.2, 0.25) is 0 Å². The highest BCUT2D eigenvalue weighted by Gasteiger charge is 1.88. The van der Waals surface area contributed by atoms with E-state index in [2.05, 4.69) is 46.6 Å². The van der Waals surface area contributed by atoms with Gasteiger partial charge >= 0.3 is 6.16 Å². The molecule has 5 aromatic carbocycles. The summed E-state index contributed by atoms with van der Waals surface area (Å²) in [5, 5.41) is 0. The van der Waals surface area contributed by atoms with Crippen molar-refractivity contribution in [2.24, 2.45) is 0 Å². The summed E-state index contributed by atoms with van der Waals surface area (Å²) >= 11 is 0. The molecule has 0 N–H and O–H groups in total. The summed E-state index contributed by atoms with van der Waals surface area (Å²) in [5.41, 5.74) is 0. The van der Waals surface area contributed by atoms with Crippen molar-refractivity contribution in [3.8, 4) is 0 Å². The topological polar surface area (TPSA) is 54.0 Å². The van der Waals surface area contributed by atoms with Crippen LogP contribution in [0, 0.1) is 0 Å². The zero-order valence-corrected chi connectivity index (χ0v) is 44.7. The summed E-state index contributed by atoms with van der Waals surface area (Å²) in [7, 11) is 5.87. The molecule has 0 heterocycles. The van der Waals surface area contributed by atoms with Crippen molar-refractivity contribution in [2.45, 2.75) is 137 Å². The minimum Gasteiger partial charge on any atom is -0.438 e. The molecule has 5 aromatic rings. The third-order valence-electron chi connectivity index (χ3n) is 4.24. The van der Waals surface area contributed by atoms with E-state index in [0.29, 0.717) is 0 Å². The van der Waals surface area contributed by atoms with E-state index >= 15 is 0 Å². The maximum atomic E-state index is 9.74. The van der Waals surface area contributed by atoms with Gasteiger partial charge in [0.05, 0.1) is 14.2 Å². The normalized spacial score (nSPS) is 6.68. The summed E-state index contributed by atoms with van der Waals surface area (Å²) in [6.45, 7) is 38.1. The minimum absolute atomic E-state index is 0.657. The fourth-order valence-corrected chi connectivity index (χ4v) is 2.01. The van der Waals surface area contributed by atoms with E-state index < -0.39 is 6.16 Å². The van der Waals surface area contributed by atoms with Crippen LogP contribution in [0.15, 0.2) is 182 Å². The van der Waals surface area contributed by atoms with Gasteiger partial charge in [0.1, 0.15) is 0 Å². The van der Waals surface area contributed by atoms with Gasteiger partial charge < -0.3 is 18.9 Å². The van der Waals surface area contributed by atoms with Crippen LogP contribution < -0.4 is 0 Å². The molecule has 0 saturated heterocycles. The Bertz CT molecular complexity index is 768. The van der Waals surface area contributed by atoms with Crippen LogP contribution in [0.25, 0.3) is 0 Å². The van der Waals surface area contributed by atoms with E-state index in [0.717, 1.165) is 13.2 Å². The number of hydrogen-bond donors (Lipinski definition) is 0. The molecule has 0 unspecified atom stereocenters. The number of benzene rings is 5. The molecule has 0 spiro atoms. The van der Waals surface area contributed by atoms with Gasteiger partial charge in [-0.2, -0.15) is 0 Å². The SMILES string of the molecule is CC.CC.CC.CC.CC.CC.CCC.CCC.CCOC.CCOC.COC(=O)OC.c1ccccc1.c1ccccc1.c1ccccc1.c1ccccc1.c1ccccc1. The summed E-state index contributed by atoms with van der Waals surface area (Å²) in [6.07, 6.45) is 1.84. The number of carbonyl (C=O) groups is 1. The molecule has 0 amide bonds. The first-order chi connectivity index (χ1) is 30.5. The molecule has 0 aliphatic heterocycles. The lowest BCUT2D eigenvalue weighted by Gasteiger charge is -1.89. The van der Waals surface area contributed by atoms with Gasteiger partial charge in [0, 0.05) is 27.4 Å². The Morgan fingerprint density at radius 1 is 0.258 bits per heavy atom. The molecule has 0 aromatic heterocycles. The van der Waals surface area contributed by atoms with Crippen molar-refractivity contribution in [1.29, 1.82) is 0 Å². The number of methoxy groups -OCH3 is 4. The molecule has 0 fully saturated rings. The molecule has 0 bridgehead atoms. The highest BCUT2D eigenvalue weighted by molar-refractivity contribution is 5.59. The molecule has 5 rings (SSSR count). The Balaban J connectivity index is -0.0000000508. The lowest BCUT2D eigenvalue weighted by atomic mass is 10.4. The van der Waals surface area contributed by atoms with Crippen LogP contribution in [0.1, 0.15) is 137 Å². The van der Waals surface area contributed by atoms with Gasteiger partial charge in [-0.1, -0.05) is 306 Å². The standard InChI is InChI=1S/5C6H6.C3H6O3.2C3H8O.2C3H8.6C2H6/c5*1-2-4-6-5-3-1;1-5-3(4)6-2;2*1-3-4-2;2*1-3-2;6*1-2/h5*1-6H;1-2H3;2*3H2,1-2H3;2*3H2,1-2H3;6*1-2H3. The fourth-order valence-electron chi connectivity index (χ4n) is 2.01. The minimum atomic E-state index is -0.657. The summed E-state index contributed by atoms with van der Waals surface area (Å²) in [4.78, 5) is 9.74. The zero-order valence-electron chi connectivity index (χ0n) is 44.7. The lowest BCUT2D eigenvalue weighted by molar-refractivity contribution is 0.0924. The van der Waals surface area contributed by atoms with Crippen LogP contribution in [-0.4, -0.2) is 47.8 Å². The molecule has 0 aliphatic carbocycles. The monoisotopic (exact) mass is 869 g/mol. The van der Waals surface area contributed by atoms with Crippen molar-refractivity contribution in [2.75, 3.05) is 41.7 Å². The van der Waals surface area contributed by atoms with Crippen molar-refractivity contribution in [3.63, 3.8) is 0 Å². The Morgan fingerprint density at radius 3 is 0.339 bits per heavy atom. The average molecular weight is 869 g/mol. The van der Waals surface area contributed by atoms with E-state index in [4.69, 9.17) is 0 Å². The van der Waals surface area contributed by atoms with Gasteiger partial charge in [-0.25, -0.2) is 4.79 Å². The van der Waals surface area contributed by atoms with Crippen molar-refractivity contribution < 1.29 is 23.7 Å². The Morgan fingerprint density at radius 2 is 0.323 bits per heavy atom. The Hall–Kier alpha value is -4.71. The summed E-state index contributed by atoms with van der Waals surface area (Å²) in [5.74, 6) is 0. The van der Waals surface area contributed by atoms with Crippen LogP contribution in [-0.2, 0) is 18.9 Å². The molecule has 0 atom stereocenters. The molecule has 5 nitrogen and oxygen atoms in total. The van der Waals surface area contributed by atoms with Gasteiger partial charge in [0.25, 0.3) is 0 Å². The summed E-state index contributed by atoms with van der Waals surface area (Å²) in [6, 6.07) is 60.0. The van der Waals surface area contributed by atoms with Crippen LogP contribution in [0.5, 0.6) is 0 Å². The van der Waals surface area contributed by atoms with E-state index in [1.165, 1.54) is 27.1 Å². The van der Waals surface area contributed by atoms with Gasteiger partial charge in [-0.3, -0.25) is 0 Å². The molecule has 0 radical (unpaired) electrons. The van der Waals surface area contributed by atoms with E-state index in [9.17, 15) is 4.79 Å². The quantitative estimate of drug-likeness (QED) is 0.165. The number of rotatable bonds is 2. The molecule has 0 aliphatic rings. The first-order valence-corrected chi connectivity index (χ1v) is 23.1. The predicted molar refractivity (Wildman–Crippen MR) is 287 cm³/mol. The van der Waals surface area contributed by atoms with Gasteiger partial charge in [-0.05, 0) is 13.8 Å². The number of carbonyl (C=O) groups excluding carboxylic acids is 1. The molecule has 5 heteroatoms. The van der Waals surface area contributed by atoms with E-state index in [1.54, 1.807) is 14.2 Å². The van der Waals surface area contributed by atoms with Gasteiger partial charge in [0.15, 0.2) is 0 Å². The highest BCUT2D eigenvalue weighted by atomic mass is 16.7. The second-order valence-corrected chi connectivity index (χ2v) is 9.00. The molecular weight excluding hydrogens is 765 g/mol. The van der Waals surface area contributed by atoms with Crippen molar-refractivity contribution >= 4 is 6.16 Å². The fraction of sp³-hybridized carbons (Fsp3) is 0.456. The molecular formula is C57H104O5. The number of hydrogen-bond acceptors (Lipinski definition) is 5. The first kappa shape index (κ1) is 84.7. The second-order valence-electron chi connectivity index (χ2n) is 9.00. The van der Waals surface area contributed by atoms with E-state index in [1.807, 2.05) is 279 Å². The smallest absolute Gasteiger partial charge is 0.438 e. The molecule has 362 valence electrons. The maximum Gasteiger partial charge on any atom is 0.507 e. The first-order valence-electron chi connectivity index (χ1n) is 23.1. The Kier molecular flexibility index (Phi) is 179. The predicted octanol–water partition coefficient (Wildman–Crippen LogP) is 19.1. The number of ether oxygens (including phenoxy) is 4. The molecule has 0 saturated carbocycles. The highest BCUT2D eigenvalue weighted by Crippen LogP contribution is 1.82. The lowest BCUT2D eigenvalue weighted by Crippen LogP contribution is -1.97. The average Bonchev–Trinajstić information content (AvgIpc) is 3.41. The largest absolute Gasteiger partial charge is 0.507 e. The van der Waals surface area contributed by atoms with E-state index in [-0.39, 0.29) is 0 Å². The molecule has 62 heavy (non-hydrogen) atoms. The van der Waals surface area contributed by atoms with Crippen LogP contribution in [0.2, 0.25) is 0 Å². The van der Waals surface area contributed by atoms with Crippen LogP contribution in [0.4, 0.5) is 4.79 Å². The van der Waals surface area contributed by atoms with Crippen LogP contribution in [0.3, 0.4) is 0 Å².